The number of thioether (sulfide) groups is 1. The molecule has 5 amide bonds. The van der Waals surface area contributed by atoms with Gasteiger partial charge in [-0.15, -0.1) is 11.8 Å². The van der Waals surface area contributed by atoms with Gasteiger partial charge in [0, 0.05) is 42.9 Å². The number of hydrogen-bond acceptors (Lipinski definition) is 13. The number of ether oxygens (including phenoxy) is 4. The minimum atomic E-state index is -1.32. The Bertz CT molecular complexity index is 2690. The summed E-state index contributed by atoms with van der Waals surface area (Å²) < 4.78 is 23.9. The van der Waals surface area contributed by atoms with Crippen molar-refractivity contribution in [2.24, 2.45) is 17.8 Å². The molecular formula is C61H82ClN5O13S. The Morgan fingerprint density at radius 2 is 1.41 bits per heavy atom. The van der Waals surface area contributed by atoms with Crippen LogP contribution >= 0.6 is 23.4 Å². The van der Waals surface area contributed by atoms with Crippen molar-refractivity contribution in [3.05, 3.63) is 118 Å². The fourth-order valence-corrected chi connectivity index (χ4v) is 9.85. The summed E-state index contributed by atoms with van der Waals surface area (Å²) in [5.41, 5.74) is 5.83. The van der Waals surface area contributed by atoms with Gasteiger partial charge >= 0.3 is 24.0 Å². The molecule has 0 spiro atoms. The Morgan fingerprint density at radius 3 is 1.96 bits per heavy atom. The molecule has 0 heterocycles. The predicted molar refractivity (Wildman–Crippen MR) is 313 cm³/mol. The lowest BCUT2D eigenvalue weighted by Gasteiger charge is -2.33. The topological polar surface area (TPSA) is 236 Å². The molecule has 4 N–H and O–H groups in total. The van der Waals surface area contributed by atoms with Crippen molar-refractivity contribution >= 4 is 71.0 Å². The molecule has 20 heteroatoms. The first kappa shape index (κ1) is 66.8. The highest BCUT2D eigenvalue weighted by atomic mass is 35.5. The average molecular weight is 1160 g/mol. The zero-order chi connectivity index (χ0) is 60.2. The Labute approximate surface area is 486 Å². The Hall–Kier alpha value is -6.70. The second-order valence-corrected chi connectivity index (χ2v) is 22.4. The Balaban J connectivity index is 1.42. The number of nitrogens with one attached hydrogen (secondary N) is 3. The number of amides is 5. The monoisotopic (exact) mass is 1160 g/mol. The van der Waals surface area contributed by atoms with E-state index in [-0.39, 0.29) is 55.1 Å². The fraction of sp³-hybridized carbons (Fsp3) is 0.508. The number of fused-ring (bicyclic) bond motifs is 3. The van der Waals surface area contributed by atoms with Crippen LogP contribution < -0.4 is 16.0 Å². The molecule has 1 aliphatic carbocycles. The van der Waals surface area contributed by atoms with Crippen molar-refractivity contribution in [3.63, 3.8) is 0 Å². The maximum absolute atomic E-state index is 14.2. The van der Waals surface area contributed by atoms with E-state index in [4.69, 9.17) is 30.5 Å². The van der Waals surface area contributed by atoms with Gasteiger partial charge in [-0.2, -0.15) is 0 Å². The van der Waals surface area contributed by atoms with E-state index in [2.05, 4.69) is 16.0 Å². The summed E-state index contributed by atoms with van der Waals surface area (Å²) in [5, 5.41) is 18.0. The number of carbonyl (C=O) groups excluding carboxylic acids is 7. The summed E-state index contributed by atoms with van der Waals surface area (Å²) in [6.45, 7) is 16.8. The van der Waals surface area contributed by atoms with Crippen molar-refractivity contribution in [2.45, 2.75) is 143 Å². The lowest BCUT2D eigenvalue weighted by Crippen LogP contribution is -2.56. The van der Waals surface area contributed by atoms with Crippen LogP contribution in [0.1, 0.15) is 111 Å². The van der Waals surface area contributed by atoms with Crippen LogP contribution in [0, 0.1) is 17.8 Å². The number of esters is 2. The van der Waals surface area contributed by atoms with E-state index in [1.54, 1.807) is 51.1 Å². The molecule has 3 aromatic rings. The number of aliphatic carboxylic acids is 1. The van der Waals surface area contributed by atoms with Crippen molar-refractivity contribution in [2.75, 3.05) is 39.4 Å². The molecule has 3 aromatic carbocycles. The predicted octanol–water partition coefficient (Wildman–Crippen LogP) is 8.73. The van der Waals surface area contributed by atoms with Crippen molar-refractivity contribution in [3.8, 4) is 11.1 Å². The SMILES string of the molecule is C/C=C(\C)C(OC(=O)C(C)NC(=O)OCC1c2ccccc2-c2ccccc21)C(C)C(C/C=C(\C)C(=O)OC(CC(C)C)C(=O)NC(C)C(=O)N(C)C(Cc1ccc(Cl)cc1)C(=O)N(C)CC(=O)NC(C(=O)O)C(C)CC)OCSC. The molecule has 18 nitrogen and oxygen atoms in total. The van der Waals surface area contributed by atoms with Gasteiger partial charge in [0.25, 0.3) is 5.91 Å². The minimum absolute atomic E-state index is 0.000239. The molecule has 0 radical (unpaired) electrons. The summed E-state index contributed by atoms with van der Waals surface area (Å²) in [4.78, 5) is 110. The first-order chi connectivity index (χ1) is 38.3. The smallest absolute Gasteiger partial charge is 0.407 e. The van der Waals surface area contributed by atoms with Gasteiger partial charge in [0.05, 0.1) is 18.6 Å². The standard InChI is InChI=1S/C61H82ClN5O13S/c1-14-36(5)53(58(72)73)65-52(68)32-66(11)57(71)49(31-42-25-27-43(62)28-26-42)67(12)56(70)40(9)63-55(69)51(30-35(3)4)79-59(74)38(7)24-29-50(78-34-81-13)39(8)54(37(6)15-2)80-60(75)41(10)64-61(76)77-33-48-46-22-18-16-20-44(46)45-21-17-19-23-47(45)48/h15-28,35-36,39-41,48-51,53-54H,14,29-34H2,1-13H3,(H,63,69)(H,64,76)(H,65,68)(H,72,73)/b37-15+,38-24+. The summed E-state index contributed by atoms with van der Waals surface area (Å²) in [6, 6.07) is 18.0. The highest BCUT2D eigenvalue weighted by molar-refractivity contribution is 7.98. The molecule has 442 valence electrons. The van der Waals surface area contributed by atoms with E-state index in [1.807, 2.05) is 95.5 Å². The van der Waals surface area contributed by atoms with Crippen LogP contribution in [0.4, 0.5) is 4.79 Å². The fourth-order valence-electron chi connectivity index (χ4n) is 9.41. The zero-order valence-corrected chi connectivity index (χ0v) is 50.5. The number of alkyl carbamates (subject to hydrolysis) is 1. The van der Waals surface area contributed by atoms with E-state index < -0.39 is 103 Å². The third kappa shape index (κ3) is 19.2. The molecule has 9 atom stereocenters. The summed E-state index contributed by atoms with van der Waals surface area (Å²) in [6.07, 6.45) is 2.62. The van der Waals surface area contributed by atoms with Crippen LogP contribution in [0.3, 0.4) is 0 Å². The summed E-state index contributed by atoms with van der Waals surface area (Å²) in [7, 11) is 2.77. The zero-order valence-electron chi connectivity index (χ0n) is 48.9. The van der Waals surface area contributed by atoms with Gasteiger partial charge in [0.1, 0.15) is 36.9 Å². The number of likely N-dealkylation sites (N-methyl/N-ethyl adjacent to an activating group) is 2. The number of rotatable bonds is 30. The van der Waals surface area contributed by atoms with Gasteiger partial charge < -0.3 is 49.8 Å². The van der Waals surface area contributed by atoms with Gasteiger partial charge in [-0.25, -0.2) is 19.2 Å². The minimum Gasteiger partial charge on any atom is -0.480 e. The van der Waals surface area contributed by atoms with E-state index in [1.165, 1.54) is 44.6 Å². The van der Waals surface area contributed by atoms with Crippen LogP contribution in [0.2, 0.25) is 5.02 Å². The number of halogens is 1. The molecule has 0 fully saturated rings. The maximum Gasteiger partial charge on any atom is 0.407 e. The van der Waals surface area contributed by atoms with Gasteiger partial charge in [-0.05, 0) is 111 Å². The number of carboxylic acid groups (broad SMARTS) is 1. The van der Waals surface area contributed by atoms with Gasteiger partial charge in [0.2, 0.25) is 17.7 Å². The molecule has 0 bridgehead atoms. The first-order valence-electron chi connectivity index (χ1n) is 27.3. The average Bonchev–Trinajstić information content (AvgIpc) is 3.82. The Kier molecular flexibility index (Phi) is 26.5. The lowest BCUT2D eigenvalue weighted by molar-refractivity contribution is -0.154. The van der Waals surface area contributed by atoms with Gasteiger partial charge in [-0.3, -0.25) is 19.2 Å². The number of nitrogens with zero attached hydrogens (tertiary/aromatic N) is 2. The Morgan fingerprint density at radius 1 is 0.802 bits per heavy atom. The van der Waals surface area contributed by atoms with Crippen LogP contribution in [0.5, 0.6) is 0 Å². The van der Waals surface area contributed by atoms with Crippen LogP contribution in [0.15, 0.2) is 96.1 Å². The summed E-state index contributed by atoms with van der Waals surface area (Å²) in [5.74, 6) is -6.29. The molecule has 4 rings (SSSR count). The van der Waals surface area contributed by atoms with Crippen LogP contribution in [-0.2, 0) is 58.9 Å². The number of carboxylic acids is 1. The number of hydrogen-bond donors (Lipinski definition) is 4. The van der Waals surface area contributed by atoms with E-state index >= 15 is 0 Å². The van der Waals surface area contributed by atoms with E-state index in [0.717, 1.165) is 32.7 Å². The second-order valence-electron chi connectivity index (χ2n) is 21.2. The number of benzene rings is 3. The van der Waals surface area contributed by atoms with Crippen molar-refractivity contribution in [1.29, 1.82) is 0 Å². The lowest BCUT2D eigenvalue weighted by atomic mass is 9.90. The van der Waals surface area contributed by atoms with Crippen LogP contribution in [-0.4, -0.2) is 144 Å². The largest absolute Gasteiger partial charge is 0.480 e. The molecule has 1 aliphatic rings. The number of carbonyl (C=O) groups is 8. The van der Waals surface area contributed by atoms with Gasteiger partial charge in [0.15, 0.2) is 6.10 Å². The third-order valence-electron chi connectivity index (χ3n) is 14.6. The van der Waals surface area contributed by atoms with Gasteiger partial charge in [-0.1, -0.05) is 125 Å². The normalized spacial score (nSPS) is 15.7. The number of allylic oxidation sites excluding steroid dienone is 1. The third-order valence-corrected chi connectivity index (χ3v) is 15.2. The molecule has 0 saturated heterocycles. The van der Waals surface area contributed by atoms with E-state index in [9.17, 15) is 43.5 Å². The molecule has 0 aromatic heterocycles. The van der Waals surface area contributed by atoms with E-state index in [0.29, 0.717) is 17.0 Å². The molecular weight excluding hydrogens is 1080 g/mol. The molecule has 0 aliphatic heterocycles. The van der Waals surface area contributed by atoms with Crippen molar-refractivity contribution in [1.82, 2.24) is 25.8 Å². The molecule has 9 unspecified atom stereocenters. The highest BCUT2D eigenvalue weighted by Crippen LogP contribution is 2.44. The second kappa shape index (κ2) is 32.1. The van der Waals surface area contributed by atoms with Crippen LogP contribution in [0.25, 0.3) is 11.1 Å². The maximum atomic E-state index is 14.2. The quantitative estimate of drug-likeness (QED) is 0.0161. The highest BCUT2D eigenvalue weighted by Gasteiger charge is 2.37. The summed E-state index contributed by atoms with van der Waals surface area (Å²) >= 11 is 7.57. The molecule has 0 saturated carbocycles. The van der Waals surface area contributed by atoms with Crippen molar-refractivity contribution < 1.29 is 62.4 Å². The molecule has 81 heavy (non-hydrogen) atoms. The first-order valence-corrected chi connectivity index (χ1v) is 29.1.